The Hall–Kier alpha value is -0.840. The molecule has 0 N–H and O–H groups in total. The van der Waals surface area contributed by atoms with Crippen LogP contribution in [0.15, 0.2) is 16.8 Å². The monoisotopic (exact) mass is 196 g/mol. The summed E-state index contributed by atoms with van der Waals surface area (Å²) < 4.78 is 1.70. The maximum absolute atomic E-state index is 3.89. The van der Waals surface area contributed by atoms with E-state index in [-0.39, 0.29) is 0 Å². The van der Waals surface area contributed by atoms with Gasteiger partial charge in [-0.1, -0.05) is 23.4 Å². The number of nitrogens with zero attached hydrogens (tertiary/aromatic N) is 4. The molecule has 5 heteroatoms. The normalized spacial score (nSPS) is 15.6. The number of hydrogen-bond donors (Lipinski definition) is 0. The first kappa shape index (κ1) is 8.74. The van der Waals surface area contributed by atoms with Gasteiger partial charge in [-0.2, -0.15) is 0 Å². The molecule has 0 unspecified atom stereocenters. The number of hydrogen-bond acceptors (Lipinski definition) is 4. The van der Waals surface area contributed by atoms with Crippen molar-refractivity contribution in [2.75, 3.05) is 5.75 Å². The third kappa shape index (κ3) is 2.09. The van der Waals surface area contributed by atoms with E-state index < -0.39 is 0 Å². The highest BCUT2D eigenvalue weighted by molar-refractivity contribution is 7.99. The van der Waals surface area contributed by atoms with E-state index in [1.165, 1.54) is 19.3 Å². The SMILES string of the molecule is Cn1nnnc1SCC=C1CCC1. The summed E-state index contributed by atoms with van der Waals surface area (Å²) in [6.45, 7) is 0. The van der Waals surface area contributed by atoms with Crippen LogP contribution in [0.4, 0.5) is 0 Å². The number of tetrazole rings is 1. The molecule has 0 aromatic carbocycles. The number of thioether (sulfide) groups is 1. The van der Waals surface area contributed by atoms with Crippen LogP contribution < -0.4 is 0 Å². The van der Waals surface area contributed by atoms with E-state index in [0.717, 1.165) is 10.9 Å². The average molecular weight is 196 g/mol. The van der Waals surface area contributed by atoms with Crippen LogP contribution in [-0.2, 0) is 7.05 Å². The minimum absolute atomic E-state index is 0.885. The number of aryl methyl sites for hydroxylation is 1. The van der Waals surface area contributed by atoms with Crippen LogP contribution in [0.1, 0.15) is 19.3 Å². The highest BCUT2D eigenvalue weighted by Gasteiger charge is 2.07. The van der Waals surface area contributed by atoms with Gasteiger partial charge in [0.15, 0.2) is 0 Å². The van der Waals surface area contributed by atoms with Gasteiger partial charge >= 0.3 is 0 Å². The molecule has 13 heavy (non-hydrogen) atoms. The summed E-state index contributed by atoms with van der Waals surface area (Å²) in [7, 11) is 1.86. The molecule has 2 rings (SSSR count). The Kier molecular flexibility index (Phi) is 2.63. The van der Waals surface area contributed by atoms with Crippen molar-refractivity contribution in [3.05, 3.63) is 11.6 Å². The Labute approximate surface area is 81.4 Å². The molecule has 1 fully saturated rings. The average Bonchev–Trinajstić information content (AvgIpc) is 2.42. The maximum Gasteiger partial charge on any atom is 0.209 e. The smallest absolute Gasteiger partial charge is 0.209 e. The van der Waals surface area contributed by atoms with E-state index in [1.807, 2.05) is 7.05 Å². The van der Waals surface area contributed by atoms with Gasteiger partial charge in [0.1, 0.15) is 0 Å². The van der Waals surface area contributed by atoms with Gasteiger partial charge in [0, 0.05) is 12.8 Å². The Morgan fingerprint density at radius 2 is 2.38 bits per heavy atom. The molecule has 0 spiro atoms. The van der Waals surface area contributed by atoms with E-state index in [0.29, 0.717) is 0 Å². The predicted octanol–water partition coefficient (Wildman–Crippen LogP) is 1.41. The third-order valence-corrected chi connectivity index (χ3v) is 3.10. The summed E-state index contributed by atoms with van der Waals surface area (Å²) >= 11 is 1.68. The second-order valence-electron chi connectivity index (χ2n) is 3.11. The molecular formula is C8H12N4S. The van der Waals surface area contributed by atoms with Crippen LogP contribution in [-0.4, -0.2) is 26.0 Å². The molecule has 1 saturated carbocycles. The fourth-order valence-electron chi connectivity index (χ4n) is 1.16. The number of allylic oxidation sites excluding steroid dienone is 1. The highest BCUT2D eigenvalue weighted by Crippen LogP contribution is 2.26. The molecule has 1 aliphatic carbocycles. The zero-order chi connectivity index (χ0) is 9.10. The Morgan fingerprint density at radius 3 is 2.92 bits per heavy atom. The quantitative estimate of drug-likeness (QED) is 0.541. The maximum atomic E-state index is 3.89. The number of aromatic nitrogens is 4. The first-order valence-corrected chi connectivity index (χ1v) is 5.38. The molecule has 4 nitrogen and oxygen atoms in total. The molecule has 0 atom stereocenters. The summed E-state index contributed by atoms with van der Waals surface area (Å²) in [6.07, 6.45) is 6.24. The molecule has 1 aromatic rings. The molecule has 0 aliphatic heterocycles. The lowest BCUT2D eigenvalue weighted by molar-refractivity contribution is 0.660. The molecule has 0 radical (unpaired) electrons. The summed E-state index contributed by atoms with van der Waals surface area (Å²) in [5.74, 6) is 0.990. The predicted molar refractivity (Wildman–Crippen MR) is 51.5 cm³/mol. The lowest BCUT2D eigenvalue weighted by Crippen LogP contribution is -1.97. The largest absolute Gasteiger partial charge is 0.224 e. The zero-order valence-corrected chi connectivity index (χ0v) is 8.42. The topological polar surface area (TPSA) is 43.6 Å². The minimum atomic E-state index is 0.885. The Morgan fingerprint density at radius 1 is 1.54 bits per heavy atom. The fraction of sp³-hybridized carbons (Fsp3) is 0.625. The first-order valence-electron chi connectivity index (χ1n) is 4.39. The van der Waals surface area contributed by atoms with Crippen LogP contribution in [0.3, 0.4) is 0 Å². The Balaban J connectivity index is 1.82. The van der Waals surface area contributed by atoms with Gasteiger partial charge in [-0.15, -0.1) is 5.10 Å². The van der Waals surface area contributed by atoms with Crippen LogP contribution in [0.5, 0.6) is 0 Å². The van der Waals surface area contributed by atoms with Crippen molar-refractivity contribution in [2.45, 2.75) is 24.4 Å². The van der Waals surface area contributed by atoms with Crippen LogP contribution in [0, 0.1) is 0 Å². The Bertz CT molecular complexity index is 312. The van der Waals surface area contributed by atoms with E-state index in [1.54, 1.807) is 22.0 Å². The second-order valence-corrected chi connectivity index (χ2v) is 4.10. The van der Waals surface area contributed by atoms with E-state index in [4.69, 9.17) is 0 Å². The van der Waals surface area contributed by atoms with Gasteiger partial charge in [-0.25, -0.2) is 4.68 Å². The van der Waals surface area contributed by atoms with Crippen molar-refractivity contribution >= 4 is 11.8 Å². The van der Waals surface area contributed by atoms with Gasteiger partial charge in [-0.3, -0.25) is 0 Å². The minimum Gasteiger partial charge on any atom is -0.224 e. The van der Waals surface area contributed by atoms with Crippen LogP contribution in [0.2, 0.25) is 0 Å². The van der Waals surface area contributed by atoms with Gasteiger partial charge in [0.05, 0.1) is 0 Å². The summed E-state index contributed by atoms with van der Waals surface area (Å²) in [5.41, 5.74) is 1.59. The standard InChI is InChI=1S/C8H12N4S/c1-12-8(9-10-11-12)13-6-5-7-3-2-4-7/h5H,2-4,6H2,1H3. The van der Waals surface area contributed by atoms with Crippen LogP contribution in [0.25, 0.3) is 0 Å². The van der Waals surface area contributed by atoms with Crippen molar-refractivity contribution in [3.8, 4) is 0 Å². The summed E-state index contributed by atoms with van der Waals surface area (Å²) in [6, 6.07) is 0. The molecular weight excluding hydrogens is 184 g/mol. The van der Waals surface area contributed by atoms with E-state index in [9.17, 15) is 0 Å². The fourth-order valence-corrected chi connectivity index (χ4v) is 1.95. The van der Waals surface area contributed by atoms with Crippen molar-refractivity contribution in [2.24, 2.45) is 7.05 Å². The van der Waals surface area contributed by atoms with Gasteiger partial charge in [0.2, 0.25) is 5.16 Å². The van der Waals surface area contributed by atoms with Crippen molar-refractivity contribution in [1.82, 2.24) is 20.2 Å². The van der Waals surface area contributed by atoms with Crippen molar-refractivity contribution in [1.29, 1.82) is 0 Å². The lowest BCUT2D eigenvalue weighted by Gasteiger charge is -2.15. The lowest BCUT2D eigenvalue weighted by atomic mass is 9.93. The highest BCUT2D eigenvalue weighted by atomic mass is 32.2. The molecule has 70 valence electrons. The molecule has 0 saturated heterocycles. The second kappa shape index (κ2) is 3.91. The van der Waals surface area contributed by atoms with Gasteiger partial charge in [-0.05, 0) is 29.7 Å². The van der Waals surface area contributed by atoms with Crippen LogP contribution >= 0.6 is 11.8 Å². The summed E-state index contributed by atoms with van der Waals surface area (Å²) in [4.78, 5) is 0. The van der Waals surface area contributed by atoms with Crippen molar-refractivity contribution in [3.63, 3.8) is 0 Å². The third-order valence-electron chi connectivity index (χ3n) is 2.16. The molecule has 1 aliphatic rings. The molecule has 1 aromatic heterocycles. The van der Waals surface area contributed by atoms with Gasteiger partial charge < -0.3 is 0 Å². The van der Waals surface area contributed by atoms with E-state index >= 15 is 0 Å². The van der Waals surface area contributed by atoms with E-state index in [2.05, 4.69) is 21.6 Å². The number of rotatable bonds is 3. The molecule has 1 heterocycles. The summed E-state index contributed by atoms with van der Waals surface area (Å²) in [5, 5.41) is 12.1. The molecule has 0 amide bonds. The first-order chi connectivity index (χ1) is 6.36. The van der Waals surface area contributed by atoms with Crippen molar-refractivity contribution < 1.29 is 0 Å². The van der Waals surface area contributed by atoms with Gasteiger partial charge in [0.25, 0.3) is 0 Å². The zero-order valence-electron chi connectivity index (χ0n) is 7.60. The molecule has 0 bridgehead atoms.